The average Bonchev–Trinajstić information content (AvgIpc) is 3.18. The van der Waals surface area contributed by atoms with Crippen LogP contribution in [0.1, 0.15) is 31.9 Å². The van der Waals surface area contributed by atoms with Gasteiger partial charge in [0.2, 0.25) is 0 Å². The fourth-order valence-corrected chi connectivity index (χ4v) is 4.17. The molecular weight excluding hydrogens is 408 g/mol. The summed E-state index contributed by atoms with van der Waals surface area (Å²) >= 11 is 1.23. The largest absolute Gasteiger partial charge is 0.347 e. The van der Waals surface area contributed by atoms with Gasteiger partial charge < -0.3 is 9.72 Å². The van der Waals surface area contributed by atoms with Crippen molar-refractivity contribution in [2.45, 2.75) is 19.9 Å². The number of aromatic nitrogens is 2. The number of carbonyl (C=O) groups is 1. The summed E-state index contributed by atoms with van der Waals surface area (Å²) in [6, 6.07) is 7.22. The summed E-state index contributed by atoms with van der Waals surface area (Å²) in [5, 5.41) is 2.85. The lowest BCUT2D eigenvalue weighted by atomic mass is 10.0. The van der Waals surface area contributed by atoms with E-state index < -0.39 is 11.6 Å². The molecule has 0 radical (unpaired) electrons. The molecule has 1 aromatic carbocycles. The van der Waals surface area contributed by atoms with Crippen molar-refractivity contribution in [2.75, 3.05) is 0 Å². The zero-order valence-electron chi connectivity index (χ0n) is 16.0. The van der Waals surface area contributed by atoms with E-state index in [4.69, 9.17) is 0 Å². The molecule has 4 aromatic rings. The number of hydrogen-bond donors (Lipinski definition) is 1. The zero-order chi connectivity index (χ0) is 21.3. The predicted molar refractivity (Wildman–Crippen MR) is 111 cm³/mol. The Bertz CT molecular complexity index is 1300. The quantitative estimate of drug-likeness (QED) is 0.528. The second-order valence-corrected chi connectivity index (χ2v) is 7.91. The van der Waals surface area contributed by atoms with Crippen LogP contribution < -0.4 is 10.7 Å². The lowest BCUT2D eigenvalue weighted by Gasteiger charge is -2.05. The van der Waals surface area contributed by atoms with Crippen molar-refractivity contribution >= 4 is 22.1 Å². The molecule has 0 saturated carbocycles. The number of pyridine rings is 2. The molecule has 3 heterocycles. The van der Waals surface area contributed by atoms with E-state index >= 15 is 0 Å². The highest BCUT2D eigenvalue weighted by molar-refractivity contribution is 7.19. The summed E-state index contributed by atoms with van der Waals surface area (Å²) < 4.78 is 28.4. The van der Waals surface area contributed by atoms with Crippen molar-refractivity contribution in [1.29, 1.82) is 0 Å². The normalized spacial score (nSPS) is 11.0. The van der Waals surface area contributed by atoms with Gasteiger partial charge in [-0.25, -0.2) is 8.78 Å². The molecule has 0 aliphatic rings. The van der Waals surface area contributed by atoms with E-state index in [1.165, 1.54) is 17.4 Å². The van der Waals surface area contributed by atoms with Crippen LogP contribution in [0.3, 0.4) is 0 Å². The van der Waals surface area contributed by atoms with E-state index in [9.17, 15) is 18.4 Å². The Hall–Kier alpha value is -3.39. The summed E-state index contributed by atoms with van der Waals surface area (Å²) in [7, 11) is 0. The summed E-state index contributed by atoms with van der Waals surface area (Å²) in [4.78, 5) is 30.4. The molecule has 4 rings (SSSR count). The maximum atomic E-state index is 13.5. The number of thiazole rings is 1. The Morgan fingerprint density at radius 3 is 2.60 bits per heavy atom. The lowest BCUT2D eigenvalue weighted by molar-refractivity contribution is 0.0954. The predicted octanol–water partition coefficient (Wildman–Crippen LogP) is 3.86. The van der Waals surface area contributed by atoms with Crippen LogP contribution in [-0.2, 0) is 13.0 Å². The van der Waals surface area contributed by atoms with Crippen LogP contribution in [0.2, 0.25) is 0 Å². The van der Waals surface area contributed by atoms with Gasteiger partial charge in [-0.05, 0) is 42.3 Å². The van der Waals surface area contributed by atoms with Crippen LogP contribution in [0.4, 0.5) is 8.78 Å². The minimum Gasteiger partial charge on any atom is -0.347 e. The molecule has 0 saturated heterocycles. The number of carbonyl (C=O) groups excluding carboxylic acids is 1. The third kappa shape index (κ3) is 3.99. The Morgan fingerprint density at radius 1 is 1.10 bits per heavy atom. The summed E-state index contributed by atoms with van der Waals surface area (Å²) in [6.07, 6.45) is 6.79. The van der Waals surface area contributed by atoms with Crippen LogP contribution >= 0.6 is 11.3 Å². The Kier molecular flexibility index (Phi) is 5.41. The molecule has 0 fully saturated rings. The molecule has 0 aliphatic heterocycles. The molecule has 0 atom stereocenters. The van der Waals surface area contributed by atoms with E-state index in [1.54, 1.807) is 36.1 Å². The smallest absolute Gasteiger partial charge is 0.263 e. The van der Waals surface area contributed by atoms with Gasteiger partial charge in [0.15, 0.2) is 17.1 Å². The van der Waals surface area contributed by atoms with Gasteiger partial charge in [-0.15, -0.1) is 11.3 Å². The first-order valence-corrected chi connectivity index (χ1v) is 9.99. The molecule has 8 heteroatoms. The van der Waals surface area contributed by atoms with Crippen LogP contribution in [0.25, 0.3) is 4.83 Å². The third-order valence-corrected chi connectivity index (χ3v) is 5.97. The maximum Gasteiger partial charge on any atom is 0.263 e. The van der Waals surface area contributed by atoms with Gasteiger partial charge in [0.05, 0.1) is 0 Å². The van der Waals surface area contributed by atoms with Gasteiger partial charge in [0.1, 0.15) is 9.71 Å². The fraction of sp³-hybridized carbons (Fsp3) is 0.136. The number of amides is 1. The van der Waals surface area contributed by atoms with Crippen molar-refractivity contribution in [3.8, 4) is 0 Å². The van der Waals surface area contributed by atoms with Crippen molar-refractivity contribution in [1.82, 2.24) is 14.7 Å². The molecule has 3 aromatic heterocycles. The molecule has 1 amide bonds. The Labute approximate surface area is 174 Å². The SMILES string of the molecule is Cc1c(=O)c(Cc2ccc(F)c(F)c2)cn2cc(C(=O)NCc3ccncc3)sc12. The van der Waals surface area contributed by atoms with Gasteiger partial charge >= 0.3 is 0 Å². The number of benzene rings is 1. The molecule has 152 valence electrons. The molecule has 1 N–H and O–H groups in total. The van der Waals surface area contributed by atoms with E-state index in [1.807, 2.05) is 12.1 Å². The van der Waals surface area contributed by atoms with E-state index in [-0.39, 0.29) is 17.8 Å². The van der Waals surface area contributed by atoms with Gasteiger partial charge in [-0.3, -0.25) is 14.6 Å². The number of fused-ring (bicyclic) bond motifs is 1. The number of nitrogens with zero attached hydrogens (tertiary/aromatic N) is 2. The number of rotatable bonds is 5. The van der Waals surface area contributed by atoms with E-state index in [2.05, 4.69) is 10.3 Å². The molecule has 0 spiro atoms. The molecule has 0 bridgehead atoms. The molecular formula is C22H17F2N3O2S. The molecule has 5 nitrogen and oxygen atoms in total. The first-order valence-electron chi connectivity index (χ1n) is 9.17. The average molecular weight is 425 g/mol. The second kappa shape index (κ2) is 8.16. The minimum absolute atomic E-state index is 0.166. The van der Waals surface area contributed by atoms with Crippen LogP contribution in [0.15, 0.2) is 59.9 Å². The molecule has 0 unspecified atom stereocenters. The molecule has 30 heavy (non-hydrogen) atoms. The first kappa shape index (κ1) is 19.9. The number of halogens is 2. The van der Waals surface area contributed by atoms with E-state index in [0.717, 1.165) is 17.7 Å². The van der Waals surface area contributed by atoms with Crippen LogP contribution in [0, 0.1) is 18.6 Å². The van der Waals surface area contributed by atoms with Crippen molar-refractivity contribution in [2.24, 2.45) is 0 Å². The van der Waals surface area contributed by atoms with E-state index in [0.29, 0.717) is 32.9 Å². The highest BCUT2D eigenvalue weighted by Gasteiger charge is 2.15. The fourth-order valence-electron chi connectivity index (χ4n) is 3.17. The maximum absolute atomic E-state index is 13.5. The number of aryl methyl sites for hydroxylation is 1. The van der Waals surface area contributed by atoms with Crippen molar-refractivity contribution in [3.63, 3.8) is 0 Å². The standard InChI is InChI=1S/C22H17F2N3O2S/c1-13-20(28)16(8-15-2-3-17(23)18(24)9-15)11-27-12-19(30-22(13)27)21(29)26-10-14-4-6-25-7-5-14/h2-7,9,11-12H,8,10H2,1H3,(H,26,29). The Morgan fingerprint density at radius 2 is 1.87 bits per heavy atom. The van der Waals surface area contributed by atoms with Crippen LogP contribution in [-0.4, -0.2) is 15.3 Å². The monoisotopic (exact) mass is 425 g/mol. The van der Waals surface area contributed by atoms with Gasteiger partial charge in [-0.1, -0.05) is 6.07 Å². The third-order valence-electron chi connectivity index (χ3n) is 4.75. The minimum atomic E-state index is -0.950. The van der Waals surface area contributed by atoms with Gasteiger partial charge in [-0.2, -0.15) is 0 Å². The topological polar surface area (TPSA) is 63.5 Å². The van der Waals surface area contributed by atoms with Crippen molar-refractivity contribution < 1.29 is 13.6 Å². The summed E-state index contributed by atoms with van der Waals surface area (Å²) in [5.41, 5.74) is 2.20. The Balaban J connectivity index is 1.61. The molecule has 0 aliphatic carbocycles. The van der Waals surface area contributed by atoms with Crippen LogP contribution in [0.5, 0.6) is 0 Å². The highest BCUT2D eigenvalue weighted by atomic mass is 32.1. The summed E-state index contributed by atoms with van der Waals surface area (Å²) in [5.74, 6) is -2.12. The van der Waals surface area contributed by atoms with Crippen molar-refractivity contribution in [3.05, 3.63) is 104 Å². The first-order chi connectivity index (χ1) is 14.4. The van der Waals surface area contributed by atoms with Gasteiger partial charge in [0.25, 0.3) is 5.91 Å². The second-order valence-electron chi connectivity index (χ2n) is 6.88. The number of nitrogens with one attached hydrogen (secondary N) is 1. The lowest BCUT2D eigenvalue weighted by Crippen LogP contribution is -2.21. The number of hydrogen-bond acceptors (Lipinski definition) is 4. The van der Waals surface area contributed by atoms with Gasteiger partial charge in [0, 0.05) is 48.9 Å². The highest BCUT2D eigenvalue weighted by Crippen LogP contribution is 2.21. The summed E-state index contributed by atoms with van der Waals surface area (Å²) in [6.45, 7) is 2.06. The zero-order valence-corrected chi connectivity index (χ0v) is 16.8.